The van der Waals surface area contributed by atoms with Crippen LogP contribution in [0.15, 0.2) is 53.8 Å². The van der Waals surface area contributed by atoms with Gasteiger partial charge in [0.25, 0.3) is 5.91 Å². The van der Waals surface area contributed by atoms with E-state index in [-0.39, 0.29) is 40.3 Å². The number of aliphatic imine (C=N–C) groups is 1. The Kier molecular flexibility index (Phi) is 6.15. The average molecular weight is 505 g/mol. The normalized spacial score (nSPS) is 18.0. The second kappa shape index (κ2) is 8.85. The molecule has 12 heteroatoms. The molecule has 3 aromatic rings. The van der Waals surface area contributed by atoms with Gasteiger partial charge in [0.2, 0.25) is 5.95 Å². The van der Waals surface area contributed by atoms with E-state index in [2.05, 4.69) is 9.98 Å². The number of rotatable bonds is 6. The van der Waals surface area contributed by atoms with Crippen LogP contribution in [0, 0.1) is 11.8 Å². The SMILES string of the molecule is CCC(=O)c1cc(C2(c3ccc(F)c(-c4cccnc4F)c3)N=C(N)N(C)C2=O)cn1CC(F)(F)F. The maximum Gasteiger partial charge on any atom is 0.406 e. The second-order valence-electron chi connectivity index (χ2n) is 8.21. The van der Waals surface area contributed by atoms with Gasteiger partial charge in [-0.15, -0.1) is 0 Å². The summed E-state index contributed by atoms with van der Waals surface area (Å²) in [5.41, 5.74) is 3.09. The molecule has 0 saturated carbocycles. The van der Waals surface area contributed by atoms with Gasteiger partial charge in [0.05, 0.1) is 5.69 Å². The highest BCUT2D eigenvalue weighted by Gasteiger charge is 2.51. The molecule has 0 spiro atoms. The summed E-state index contributed by atoms with van der Waals surface area (Å²) >= 11 is 0. The lowest BCUT2D eigenvalue weighted by Crippen LogP contribution is -2.41. The Labute approximate surface area is 202 Å². The fraction of sp³-hybridized carbons (Fsp3) is 0.250. The molecule has 1 unspecified atom stereocenters. The lowest BCUT2D eigenvalue weighted by Gasteiger charge is -2.25. The number of alkyl halides is 3. The van der Waals surface area contributed by atoms with E-state index < -0.39 is 41.7 Å². The van der Waals surface area contributed by atoms with Crippen LogP contribution in [0.25, 0.3) is 11.1 Å². The standard InChI is InChI=1S/C24H20F5N5O2/c1-3-19(35)18-10-14(11-34(18)12-23(27,28)29)24(21(36)33(2)22(30)32-24)13-6-7-17(25)16(9-13)15-5-4-8-31-20(15)26/h4-11H,3,12H2,1-2H3,(H2,30,32). The molecule has 3 heterocycles. The molecule has 1 amide bonds. The van der Waals surface area contributed by atoms with Crippen molar-refractivity contribution < 1.29 is 31.5 Å². The largest absolute Gasteiger partial charge is 0.406 e. The first-order valence-corrected chi connectivity index (χ1v) is 10.7. The van der Waals surface area contributed by atoms with Crippen LogP contribution in [0.4, 0.5) is 22.0 Å². The highest BCUT2D eigenvalue weighted by atomic mass is 19.4. The van der Waals surface area contributed by atoms with E-state index >= 15 is 0 Å². The number of carbonyl (C=O) groups excluding carboxylic acids is 2. The third-order valence-corrected chi connectivity index (χ3v) is 5.94. The predicted octanol–water partition coefficient (Wildman–Crippen LogP) is 4.01. The average Bonchev–Trinajstić information content (AvgIpc) is 3.33. The van der Waals surface area contributed by atoms with Gasteiger partial charge in [0, 0.05) is 42.6 Å². The molecule has 0 aliphatic carbocycles. The van der Waals surface area contributed by atoms with E-state index in [9.17, 15) is 31.5 Å². The molecular weight excluding hydrogens is 485 g/mol. The number of pyridine rings is 1. The van der Waals surface area contributed by atoms with Gasteiger partial charge in [-0.1, -0.05) is 13.0 Å². The maximum absolute atomic E-state index is 14.8. The van der Waals surface area contributed by atoms with Crippen molar-refractivity contribution in [2.75, 3.05) is 7.05 Å². The Balaban J connectivity index is 1.99. The molecule has 0 fully saturated rings. The number of hydrogen-bond acceptors (Lipinski definition) is 5. The van der Waals surface area contributed by atoms with E-state index in [1.54, 1.807) is 0 Å². The predicted molar refractivity (Wildman–Crippen MR) is 120 cm³/mol. The number of likely N-dealkylation sites (N-methyl/N-ethyl adjacent to an activating group) is 1. The number of nitrogens with two attached hydrogens (primary N) is 1. The van der Waals surface area contributed by atoms with Crippen molar-refractivity contribution in [2.24, 2.45) is 10.7 Å². The second-order valence-corrected chi connectivity index (χ2v) is 8.21. The zero-order valence-electron chi connectivity index (χ0n) is 19.1. The molecule has 2 aromatic heterocycles. The zero-order valence-corrected chi connectivity index (χ0v) is 19.1. The minimum atomic E-state index is -4.66. The van der Waals surface area contributed by atoms with Crippen molar-refractivity contribution in [1.29, 1.82) is 0 Å². The number of benzene rings is 1. The Morgan fingerprint density at radius 1 is 1.11 bits per heavy atom. The van der Waals surface area contributed by atoms with Crippen molar-refractivity contribution in [3.63, 3.8) is 0 Å². The minimum absolute atomic E-state index is 0.0131. The van der Waals surface area contributed by atoms with Gasteiger partial charge in [0.15, 0.2) is 17.3 Å². The quantitative estimate of drug-likeness (QED) is 0.311. The van der Waals surface area contributed by atoms with Crippen molar-refractivity contribution >= 4 is 17.6 Å². The molecule has 1 aromatic carbocycles. The highest BCUT2D eigenvalue weighted by Crippen LogP contribution is 2.42. The molecule has 4 rings (SSSR count). The van der Waals surface area contributed by atoms with Gasteiger partial charge in [-0.3, -0.25) is 14.5 Å². The number of aromatic nitrogens is 2. The number of amides is 1. The topological polar surface area (TPSA) is 93.6 Å². The van der Waals surface area contributed by atoms with Crippen LogP contribution in [0.1, 0.15) is 35.0 Å². The van der Waals surface area contributed by atoms with Gasteiger partial charge in [0.1, 0.15) is 12.4 Å². The molecule has 1 atom stereocenters. The fourth-order valence-corrected chi connectivity index (χ4v) is 4.18. The van der Waals surface area contributed by atoms with Crippen LogP contribution in [0.2, 0.25) is 0 Å². The zero-order chi connectivity index (χ0) is 26.4. The molecule has 0 bridgehead atoms. The Hall–Kier alpha value is -4.09. The van der Waals surface area contributed by atoms with E-state index in [0.29, 0.717) is 4.57 Å². The van der Waals surface area contributed by atoms with Crippen molar-refractivity contribution in [1.82, 2.24) is 14.5 Å². The molecule has 7 nitrogen and oxygen atoms in total. The van der Waals surface area contributed by atoms with E-state index in [1.807, 2.05) is 0 Å². The molecule has 0 radical (unpaired) electrons. The van der Waals surface area contributed by atoms with Crippen molar-refractivity contribution in [3.8, 4) is 11.1 Å². The van der Waals surface area contributed by atoms with E-state index in [0.717, 1.165) is 23.2 Å². The van der Waals surface area contributed by atoms with Crippen LogP contribution in [-0.2, 0) is 16.9 Å². The van der Waals surface area contributed by atoms with E-state index in [4.69, 9.17) is 5.73 Å². The fourth-order valence-electron chi connectivity index (χ4n) is 4.18. The Bertz CT molecular complexity index is 1400. The minimum Gasteiger partial charge on any atom is -0.369 e. The Morgan fingerprint density at radius 2 is 1.83 bits per heavy atom. The van der Waals surface area contributed by atoms with Crippen LogP contribution < -0.4 is 5.73 Å². The number of guanidine groups is 1. The Morgan fingerprint density at radius 3 is 2.42 bits per heavy atom. The number of hydrogen-bond donors (Lipinski definition) is 1. The maximum atomic E-state index is 14.8. The van der Waals surface area contributed by atoms with Gasteiger partial charge in [-0.2, -0.15) is 17.6 Å². The summed E-state index contributed by atoms with van der Waals surface area (Å²) in [6.07, 6.45) is -2.56. The van der Waals surface area contributed by atoms with Crippen LogP contribution in [0.5, 0.6) is 0 Å². The number of halogens is 5. The molecular formula is C24H20F5N5O2. The van der Waals surface area contributed by atoms with Crippen molar-refractivity contribution in [2.45, 2.75) is 31.6 Å². The number of carbonyl (C=O) groups is 2. The van der Waals surface area contributed by atoms with E-state index in [1.165, 1.54) is 44.4 Å². The van der Waals surface area contributed by atoms with Gasteiger partial charge in [-0.25, -0.2) is 14.4 Å². The molecule has 1 aliphatic rings. The van der Waals surface area contributed by atoms with Gasteiger partial charge >= 0.3 is 6.18 Å². The summed E-state index contributed by atoms with van der Waals surface area (Å²) < 4.78 is 69.7. The third kappa shape index (κ3) is 4.12. The first kappa shape index (κ1) is 25.0. The molecule has 1 aliphatic heterocycles. The monoisotopic (exact) mass is 505 g/mol. The first-order valence-electron chi connectivity index (χ1n) is 10.7. The number of Topliss-reactive ketones (excluding diaryl/α,β-unsaturated/α-hetero) is 1. The highest BCUT2D eigenvalue weighted by molar-refractivity contribution is 6.09. The lowest BCUT2D eigenvalue weighted by molar-refractivity contribution is -0.140. The molecule has 2 N–H and O–H groups in total. The number of nitrogens with zero attached hydrogens (tertiary/aromatic N) is 4. The smallest absolute Gasteiger partial charge is 0.369 e. The van der Waals surface area contributed by atoms with Crippen LogP contribution in [-0.4, -0.2) is 45.3 Å². The summed E-state index contributed by atoms with van der Waals surface area (Å²) in [5.74, 6) is -3.37. The summed E-state index contributed by atoms with van der Waals surface area (Å²) in [4.78, 5) is 34.8. The number of ketones is 1. The molecule has 188 valence electrons. The van der Waals surface area contributed by atoms with Crippen molar-refractivity contribution in [3.05, 3.63) is 77.4 Å². The first-order chi connectivity index (χ1) is 16.9. The molecule has 0 saturated heterocycles. The lowest BCUT2D eigenvalue weighted by atomic mass is 9.82. The summed E-state index contributed by atoms with van der Waals surface area (Å²) in [6.45, 7) is 0.00494. The van der Waals surface area contributed by atoms with Gasteiger partial charge in [-0.05, 0) is 35.9 Å². The summed E-state index contributed by atoms with van der Waals surface area (Å²) in [5, 5.41) is 0. The summed E-state index contributed by atoms with van der Waals surface area (Å²) in [7, 11) is 1.32. The molecule has 36 heavy (non-hydrogen) atoms. The van der Waals surface area contributed by atoms with Gasteiger partial charge < -0.3 is 10.3 Å². The summed E-state index contributed by atoms with van der Waals surface area (Å²) in [6, 6.07) is 7.20. The van der Waals surface area contributed by atoms with Crippen LogP contribution in [0.3, 0.4) is 0 Å². The third-order valence-electron chi connectivity index (χ3n) is 5.94. The van der Waals surface area contributed by atoms with Crippen LogP contribution >= 0.6 is 0 Å².